The molecule has 10 nitrogen and oxygen atoms in total. The van der Waals surface area contributed by atoms with Crippen LogP contribution >= 0.6 is 23.2 Å². The Morgan fingerprint density at radius 1 is 1.17 bits per heavy atom. The second-order valence-electron chi connectivity index (χ2n) is 7.63. The number of phenols is 1. The van der Waals surface area contributed by atoms with Crippen LogP contribution in [0.1, 0.15) is 43.9 Å². The second kappa shape index (κ2) is 10.9. The molecule has 4 N–H and O–H groups in total. The van der Waals surface area contributed by atoms with Gasteiger partial charge in [-0.15, -0.1) is 0 Å². The third kappa shape index (κ3) is 6.03. The van der Waals surface area contributed by atoms with Crippen molar-refractivity contribution in [3.63, 3.8) is 0 Å². The number of unbranched alkanes of at least 4 members (excludes halogenated alkanes) is 2. The molecule has 0 saturated carbocycles. The summed E-state index contributed by atoms with van der Waals surface area (Å²) in [6.07, 6.45) is -0.520. The number of alkyl halides is 2. The molecule has 0 bridgehead atoms. The fourth-order valence-electron chi connectivity index (χ4n) is 3.28. The van der Waals surface area contributed by atoms with Gasteiger partial charge in [-0.1, -0.05) is 43.0 Å². The van der Waals surface area contributed by atoms with Gasteiger partial charge in [0.1, 0.15) is 16.4 Å². The first-order valence-corrected chi connectivity index (χ1v) is 12.7. The first-order chi connectivity index (χ1) is 16.8. The standard InChI is InChI=1S/C21H20Cl2F2N4O6S/c1-2-3-4-5-10-6-12(9-15(17(10)30)36(26,33)34)35-18-13(22)7-11(8-14(18)23)29-21(32)27-20(31)16(28-29)19(24)25/h6-9,19,30H,2-5H2,1H3,(H2,26,33,34)(H,27,31,32). The van der Waals surface area contributed by atoms with Crippen molar-refractivity contribution in [1.29, 1.82) is 0 Å². The van der Waals surface area contributed by atoms with E-state index in [1.54, 1.807) is 4.98 Å². The van der Waals surface area contributed by atoms with Gasteiger partial charge in [0.05, 0.1) is 15.7 Å². The van der Waals surface area contributed by atoms with Crippen molar-refractivity contribution in [2.24, 2.45) is 5.14 Å². The maximum Gasteiger partial charge on any atom is 0.349 e. The van der Waals surface area contributed by atoms with E-state index in [0.29, 0.717) is 17.5 Å². The molecule has 0 spiro atoms. The molecule has 0 atom stereocenters. The van der Waals surface area contributed by atoms with Crippen molar-refractivity contribution >= 4 is 33.2 Å². The highest BCUT2D eigenvalue weighted by atomic mass is 35.5. The number of aromatic hydroxyl groups is 1. The van der Waals surface area contributed by atoms with Crippen molar-refractivity contribution < 1.29 is 27.0 Å². The summed E-state index contributed by atoms with van der Waals surface area (Å²) in [4.78, 5) is 24.8. The highest BCUT2D eigenvalue weighted by molar-refractivity contribution is 7.89. The summed E-state index contributed by atoms with van der Waals surface area (Å²) in [6, 6.07) is 4.64. The van der Waals surface area contributed by atoms with E-state index in [4.69, 9.17) is 33.1 Å². The molecular weight excluding hydrogens is 545 g/mol. The Morgan fingerprint density at radius 2 is 1.81 bits per heavy atom. The van der Waals surface area contributed by atoms with E-state index in [1.165, 1.54) is 6.07 Å². The van der Waals surface area contributed by atoms with Crippen LogP contribution in [0, 0.1) is 0 Å². The summed E-state index contributed by atoms with van der Waals surface area (Å²) in [6.45, 7) is 1.98. The average molecular weight is 565 g/mol. The van der Waals surface area contributed by atoms with Gasteiger partial charge in [-0.05, 0) is 36.6 Å². The minimum absolute atomic E-state index is 0.0563. The lowest BCUT2D eigenvalue weighted by Crippen LogP contribution is -2.34. The molecule has 36 heavy (non-hydrogen) atoms. The second-order valence-corrected chi connectivity index (χ2v) is 9.97. The van der Waals surface area contributed by atoms with Gasteiger partial charge < -0.3 is 9.84 Å². The first-order valence-electron chi connectivity index (χ1n) is 10.4. The molecule has 2 aromatic carbocycles. The van der Waals surface area contributed by atoms with E-state index in [1.807, 2.05) is 6.92 Å². The number of H-pyrrole nitrogens is 1. The molecule has 0 unspecified atom stereocenters. The summed E-state index contributed by atoms with van der Waals surface area (Å²) in [5.74, 6) is -0.717. The van der Waals surface area contributed by atoms with Crippen LogP contribution in [0.5, 0.6) is 17.2 Å². The van der Waals surface area contributed by atoms with Crippen molar-refractivity contribution in [2.45, 2.75) is 43.9 Å². The van der Waals surface area contributed by atoms with Gasteiger partial charge in [0, 0.05) is 6.07 Å². The summed E-state index contributed by atoms with van der Waals surface area (Å²) in [7, 11) is -4.32. The van der Waals surface area contributed by atoms with Gasteiger partial charge in [-0.3, -0.25) is 9.78 Å². The van der Waals surface area contributed by atoms with E-state index >= 15 is 0 Å². The van der Waals surface area contributed by atoms with Crippen molar-refractivity contribution in [3.05, 3.63) is 66.4 Å². The average Bonchev–Trinajstić information content (AvgIpc) is 2.77. The molecule has 0 aliphatic carbocycles. The molecule has 3 aromatic rings. The molecule has 0 radical (unpaired) electrons. The number of hydrogen-bond donors (Lipinski definition) is 3. The Morgan fingerprint density at radius 3 is 2.36 bits per heavy atom. The van der Waals surface area contributed by atoms with Gasteiger partial charge >= 0.3 is 5.69 Å². The number of primary sulfonamides is 1. The Labute approximate surface area is 213 Å². The van der Waals surface area contributed by atoms with Gasteiger partial charge in [-0.25, -0.2) is 27.1 Å². The topological polar surface area (TPSA) is 157 Å². The predicted octanol–water partition coefficient (Wildman–Crippen LogP) is 4.04. The van der Waals surface area contributed by atoms with Crippen LogP contribution in [0.3, 0.4) is 0 Å². The number of benzene rings is 2. The number of aromatic amines is 1. The predicted molar refractivity (Wildman–Crippen MR) is 128 cm³/mol. The number of nitrogens with one attached hydrogen (secondary N) is 1. The van der Waals surface area contributed by atoms with Crippen molar-refractivity contribution in [3.8, 4) is 22.9 Å². The Bertz CT molecular complexity index is 1500. The summed E-state index contributed by atoms with van der Waals surface area (Å²) in [5.41, 5.74) is -3.51. The molecule has 0 fully saturated rings. The highest BCUT2D eigenvalue weighted by Crippen LogP contribution is 2.40. The monoisotopic (exact) mass is 564 g/mol. The number of aromatic nitrogens is 3. The third-order valence-electron chi connectivity index (χ3n) is 4.99. The highest BCUT2D eigenvalue weighted by Gasteiger charge is 2.22. The van der Waals surface area contributed by atoms with Crippen molar-refractivity contribution in [2.75, 3.05) is 0 Å². The summed E-state index contributed by atoms with van der Waals surface area (Å²) < 4.78 is 56.3. The van der Waals surface area contributed by atoms with E-state index in [9.17, 15) is 31.9 Å². The summed E-state index contributed by atoms with van der Waals surface area (Å²) >= 11 is 12.5. The van der Waals surface area contributed by atoms with Gasteiger partial charge in [0.25, 0.3) is 12.0 Å². The molecule has 15 heteroatoms. The number of rotatable bonds is 9. The number of sulfonamides is 1. The van der Waals surface area contributed by atoms with Gasteiger partial charge in [0.15, 0.2) is 11.4 Å². The van der Waals surface area contributed by atoms with Crippen LogP contribution in [0.2, 0.25) is 10.0 Å². The third-order valence-corrected chi connectivity index (χ3v) is 6.48. The Hall–Kier alpha value is -3.00. The van der Waals surface area contributed by atoms with E-state index in [2.05, 4.69) is 5.10 Å². The Kier molecular flexibility index (Phi) is 8.39. The van der Waals surface area contributed by atoms with Gasteiger partial charge in [0.2, 0.25) is 10.0 Å². The smallest absolute Gasteiger partial charge is 0.349 e. The molecule has 194 valence electrons. The maximum absolute atomic E-state index is 13.1. The first kappa shape index (κ1) is 27.6. The maximum atomic E-state index is 13.1. The molecule has 1 aromatic heterocycles. The van der Waals surface area contributed by atoms with Crippen LogP contribution in [0.4, 0.5) is 8.78 Å². The number of hydrogen-bond acceptors (Lipinski definition) is 7. The molecule has 0 amide bonds. The van der Waals surface area contributed by atoms with E-state index < -0.39 is 44.0 Å². The lowest BCUT2D eigenvalue weighted by Gasteiger charge is -2.15. The molecule has 0 aliphatic rings. The zero-order valence-electron chi connectivity index (χ0n) is 18.6. The normalized spacial score (nSPS) is 11.8. The fourth-order valence-corrected chi connectivity index (χ4v) is 4.52. The van der Waals surface area contributed by atoms with E-state index in [0.717, 1.165) is 31.0 Å². The lowest BCUT2D eigenvalue weighted by atomic mass is 10.1. The van der Waals surface area contributed by atoms with E-state index in [-0.39, 0.29) is 32.8 Å². The number of ether oxygens (including phenoxy) is 1. The largest absolute Gasteiger partial charge is 0.506 e. The molecule has 0 saturated heterocycles. The molecule has 1 heterocycles. The SMILES string of the molecule is CCCCCc1cc(Oc2c(Cl)cc(-n3nc(C(F)F)c(=O)[nH]c3=O)cc2Cl)cc(S(N)(=O)=O)c1O. The van der Waals surface area contributed by atoms with Crippen LogP contribution in [-0.2, 0) is 16.4 Å². The molecule has 3 rings (SSSR count). The number of nitrogens with zero attached hydrogens (tertiary/aromatic N) is 2. The van der Waals surface area contributed by atoms with Crippen LogP contribution in [0.25, 0.3) is 5.69 Å². The molecular formula is C21H20Cl2F2N4O6S. The van der Waals surface area contributed by atoms with Gasteiger partial charge in [-0.2, -0.15) is 9.78 Å². The van der Waals surface area contributed by atoms with Crippen molar-refractivity contribution in [1.82, 2.24) is 14.8 Å². The van der Waals surface area contributed by atoms with Crippen LogP contribution < -0.4 is 21.1 Å². The minimum Gasteiger partial charge on any atom is -0.506 e. The quantitative estimate of drug-likeness (QED) is 0.331. The Balaban J connectivity index is 2.07. The molecule has 0 aliphatic heterocycles. The fraction of sp³-hybridized carbons (Fsp3) is 0.286. The summed E-state index contributed by atoms with van der Waals surface area (Å²) in [5, 5.41) is 18.6. The minimum atomic E-state index is -4.32. The zero-order valence-corrected chi connectivity index (χ0v) is 20.9. The number of halogens is 4. The number of nitrogens with two attached hydrogens (primary N) is 1. The zero-order chi connectivity index (χ0) is 26.8. The number of aryl methyl sites for hydroxylation is 1. The van der Waals surface area contributed by atoms with Crippen LogP contribution in [-0.4, -0.2) is 28.3 Å². The lowest BCUT2D eigenvalue weighted by molar-refractivity contribution is 0.141. The number of phenolic OH excluding ortho intramolecular Hbond substituents is 1. The van der Waals surface area contributed by atoms with Crippen LogP contribution in [0.15, 0.2) is 38.8 Å².